The van der Waals surface area contributed by atoms with E-state index in [0.29, 0.717) is 17.9 Å². The summed E-state index contributed by atoms with van der Waals surface area (Å²) in [6.45, 7) is 1.79. The van der Waals surface area contributed by atoms with Gasteiger partial charge in [0.15, 0.2) is 5.58 Å². The van der Waals surface area contributed by atoms with Gasteiger partial charge in [-0.3, -0.25) is 4.90 Å². The van der Waals surface area contributed by atoms with Crippen molar-refractivity contribution in [2.75, 3.05) is 20.1 Å². The number of aromatic nitrogens is 1. The fourth-order valence-electron chi connectivity index (χ4n) is 3.61. The first-order chi connectivity index (χ1) is 11.3. The lowest BCUT2D eigenvalue weighted by Crippen LogP contribution is -2.20. The Kier molecular flexibility index (Phi) is 3.63. The molecule has 4 nitrogen and oxygen atoms in total. The first-order valence-corrected chi connectivity index (χ1v) is 8.11. The second kappa shape index (κ2) is 5.80. The van der Waals surface area contributed by atoms with E-state index in [4.69, 9.17) is 10.2 Å². The lowest BCUT2D eigenvalue weighted by atomic mass is 9.95. The SMILES string of the molecule is CN1CC(CN)CC1c1ccccc1-c1nc2ccccc2o1. The molecule has 1 aromatic heterocycles. The van der Waals surface area contributed by atoms with Crippen LogP contribution in [0.4, 0.5) is 0 Å². The van der Waals surface area contributed by atoms with Crippen molar-refractivity contribution >= 4 is 11.1 Å². The largest absolute Gasteiger partial charge is 0.436 e. The van der Waals surface area contributed by atoms with Gasteiger partial charge in [0.05, 0.1) is 0 Å². The lowest BCUT2D eigenvalue weighted by molar-refractivity contribution is 0.314. The molecule has 0 aliphatic carbocycles. The van der Waals surface area contributed by atoms with E-state index in [1.165, 1.54) is 5.56 Å². The van der Waals surface area contributed by atoms with Crippen LogP contribution in [0.15, 0.2) is 52.9 Å². The third-order valence-corrected chi connectivity index (χ3v) is 4.81. The summed E-state index contributed by atoms with van der Waals surface area (Å²) in [6, 6.07) is 16.7. The highest BCUT2D eigenvalue weighted by molar-refractivity contribution is 5.76. The second-order valence-electron chi connectivity index (χ2n) is 6.37. The Morgan fingerprint density at radius 2 is 1.96 bits per heavy atom. The monoisotopic (exact) mass is 307 g/mol. The minimum absolute atomic E-state index is 0.370. The van der Waals surface area contributed by atoms with Crippen molar-refractivity contribution < 1.29 is 4.42 Å². The van der Waals surface area contributed by atoms with Gasteiger partial charge in [-0.15, -0.1) is 0 Å². The molecule has 118 valence electrons. The molecule has 4 rings (SSSR count). The molecule has 0 bridgehead atoms. The Balaban J connectivity index is 1.78. The minimum Gasteiger partial charge on any atom is -0.436 e. The number of hydrogen-bond acceptors (Lipinski definition) is 4. The van der Waals surface area contributed by atoms with Crippen LogP contribution in [-0.2, 0) is 0 Å². The zero-order valence-electron chi connectivity index (χ0n) is 13.3. The first kappa shape index (κ1) is 14.4. The van der Waals surface area contributed by atoms with Crippen molar-refractivity contribution in [1.29, 1.82) is 0 Å². The van der Waals surface area contributed by atoms with Gasteiger partial charge >= 0.3 is 0 Å². The number of benzene rings is 2. The first-order valence-electron chi connectivity index (χ1n) is 8.11. The fourth-order valence-corrected chi connectivity index (χ4v) is 3.61. The predicted octanol–water partition coefficient (Wildman–Crippen LogP) is 3.45. The number of fused-ring (bicyclic) bond motifs is 1. The molecule has 2 N–H and O–H groups in total. The molecule has 1 aliphatic rings. The van der Waals surface area contributed by atoms with Gasteiger partial charge in [-0.1, -0.05) is 30.3 Å². The van der Waals surface area contributed by atoms with Gasteiger partial charge in [0.25, 0.3) is 0 Å². The zero-order chi connectivity index (χ0) is 15.8. The average molecular weight is 307 g/mol. The smallest absolute Gasteiger partial charge is 0.227 e. The number of likely N-dealkylation sites (tertiary alicyclic amines) is 1. The highest BCUT2D eigenvalue weighted by Crippen LogP contribution is 2.39. The Hall–Kier alpha value is -2.17. The molecule has 2 heterocycles. The molecule has 2 aromatic carbocycles. The normalized spacial score (nSPS) is 22.0. The molecule has 2 unspecified atom stereocenters. The van der Waals surface area contributed by atoms with Crippen molar-refractivity contribution in [3.63, 3.8) is 0 Å². The molecule has 1 fully saturated rings. The van der Waals surface area contributed by atoms with Crippen molar-refractivity contribution in [3.05, 3.63) is 54.1 Å². The highest BCUT2D eigenvalue weighted by atomic mass is 16.3. The molecule has 0 spiro atoms. The van der Waals surface area contributed by atoms with E-state index in [2.05, 4.69) is 35.1 Å². The van der Waals surface area contributed by atoms with E-state index in [9.17, 15) is 0 Å². The zero-order valence-corrected chi connectivity index (χ0v) is 13.3. The van der Waals surface area contributed by atoms with Gasteiger partial charge in [-0.05, 0) is 49.7 Å². The highest BCUT2D eigenvalue weighted by Gasteiger charge is 2.31. The van der Waals surface area contributed by atoms with Crippen molar-refractivity contribution in [2.24, 2.45) is 11.7 Å². The van der Waals surface area contributed by atoms with E-state index >= 15 is 0 Å². The quantitative estimate of drug-likeness (QED) is 0.805. The molecule has 2 atom stereocenters. The number of hydrogen-bond donors (Lipinski definition) is 1. The Bertz CT molecular complexity index is 793. The summed E-state index contributed by atoms with van der Waals surface area (Å²) in [6.07, 6.45) is 1.09. The van der Waals surface area contributed by atoms with E-state index < -0.39 is 0 Å². The molecule has 0 amide bonds. The maximum absolute atomic E-state index is 5.99. The summed E-state index contributed by atoms with van der Waals surface area (Å²) >= 11 is 0. The summed E-state index contributed by atoms with van der Waals surface area (Å²) in [4.78, 5) is 7.06. The second-order valence-corrected chi connectivity index (χ2v) is 6.37. The van der Waals surface area contributed by atoms with Crippen molar-refractivity contribution in [1.82, 2.24) is 9.88 Å². The Labute approximate surface area is 135 Å². The van der Waals surface area contributed by atoms with Crippen LogP contribution < -0.4 is 5.73 Å². The average Bonchev–Trinajstić information content (AvgIpc) is 3.18. The van der Waals surface area contributed by atoms with Gasteiger partial charge < -0.3 is 10.2 Å². The van der Waals surface area contributed by atoms with Crippen LogP contribution >= 0.6 is 0 Å². The summed E-state index contributed by atoms with van der Waals surface area (Å²) < 4.78 is 5.99. The Morgan fingerprint density at radius 3 is 2.74 bits per heavy atom. The summed E-state index contributed by atoms with van der Waals surface area (Å²) in [5.74, 6) is 1.26. The summed E-state index contributed by atoms with van der Waals surface area (Å²) in [7, 11) is 2.17. The maximum atomic E-state index is 5.99. The molecule has 1 saturated heterocycles. The number of oxazole rings is 1. The van der Waals surface area contributed by atoms with Crippen LogP contribution in [0.3, 0.4) is 0 Å². The van der Waals surface area contributed by atoms with E-state index in [0.717, 1.165) is 36.2 Å². The molecular weight excluding hydrogens is 286 g/mol. The van der Waals surface area contributed by atoms with E-state index in [1.54, 1.807) is 0 Å². The Morgan fingerprint density at radius 1 is 1.17 bits per heavy atom. The van der Waals surface area contributed by atoms with E-state index in [1.807, 2.05) is 30.3 Å². The van der Waals surface area contributed by atoms with E-state index in [-0.39, 0.29) is 0 Å². The number of nitrogens with zero attached hydrogens (tertiary/aromatic N) is 2. The predicted molar refractivity (Wildman–Crippen MR) is 92.0 cm³/mol. The van der Waals surface area contributed by atoms with Crippen LogP contribution in [-0.4, -0.2) is 30.0 Å². The van der Waals surface area contributed by atoms with Crippen LogP contribution in [0, 0.1) is 5.92 Å². The van der Waals surface area contributed by atoms with Gasteiger partial charge in [0.1, 0.15) is 5.52 Å². The molecule has 1 aliphatic heterocycles. The van der Waals surface area contributed by atoms with Crippen LogP contribution in [0.2, 0.25) is 0 Å². The maximum Gasteiger partial charge on any atom is 0.227 e. The van der Waals surface area contributed by atoms with Gasteiger partial charge in [0, 0.05) is 18.2 Å². The standard InChI is InChI=1S/C19H21N3O/c1-22-12-13(11-20)10-17(22)14-6-2-3-7-15(14)19-21-16-8-4-5-9-18(16)23-19/h2-9,13,17H,10-12,20H2,1H3. The minimum atomic E-state index is 0.370. The van der Waals surface area contributed by atoms with Crippen molar-refractivity contribution in [3.8, 4) is 11.5 Å². The number of nitrogens with two attached hydrogens (primary N) is 1. The third kappa shape index (κ3) is 2.54. The van der Waals surface area contributed by atoms with Gasteiger partial charge in [0.2, 0.25) is 5.89 Å². The number of para-hydroxylation sites is 2. The van der Waals surface area contributed by atoms with Gasteiger partial charge in [-0.2, -0.15) is 0 Å². The third-order valence-electron chi connectivity index (χ3n) is 4.81. The van der Waals surface area contributed by atoms with Gasteiger partial charge in [-0.25, -0.2) is 4.98 Å². The van der Waals surface area contributed by atoms with Crippen molar-refractivity contribution in [2.45, 2.75) is 12.5 Å². The summed E-state index contributed by atoms with van der Waals surface area (Å²) in [5.41, 5.74) is 9.97. The fraction of sp³-hybridized carbons (Fsp3) is 0.316. The molecule has 4 heteroatoms. The van der Waals surface area contributed by atoms with Crippen LogP contribution in [0.5, 0.6) is 0 Å². The van der Waals surface area contributed by atoms with Crippen LogP contribution in [0.1, 0.15) is 18.0 Å². The summed E-state index contributed by atoms with van der Waals surface area (Å²) in [5, 5.41) is 0. The molecule has 0 radical (unpaired) electrons. The molecular formula is C19H21N3O. The topological polar surface area (TPSA) is 55.3 Å². The molecule has 3 aromatic rings. The number of rotatable bonds is 3. The lowest BCUT2D eigenvalue weighted by Gasteiger charge is -2.21. The molecule has 23 heavy (non-hydrogen) atoms. The molecule has 0 saturated carbocycles. The van der Waals surface area contributed by atoms with Crippen LogP contribution in [0.25, 0.3) is 22.6 Å².